The average Bonchev–Trinajstić information content (AvgIpc) is 3.09. The van der Waals surface area contributed by atoms with Gasteiger partial charge in [-0.1, -0.05) is 43.2 Å². The van der Waals surface area contributed by atoms with Crippen LogP contribution >= 0.6 is 0 Å². The molecule has 4 rings (SSSR count). The van der Waals surface area contributed by atoms with E-state index < -0.39 is 5.60 Å². The van der Waals surface area contributed by atoms with E-state index >= 15 is 0 Å². The number of aliphatic hydroxyl groups is 1. The second kappa shape index (κ2) is 6.73. The Labute approximate surface area is 150 Å². The highest BCUT2D eigenvalue weighted by Crippen LogP contribution is 2.47. The largest absolute Gasteiger partial charge is 0.385 e. The number of rotatable bonds is 2. The predicted octanol–water partition coefficient (Wildman–Crippen LogP) is 2.62. The first kappa shape index (κ1) is 17.0. The molecular weight excluding hydrogens is 312 g/mol. The summed E-state index contributed by atoms with van der Waals surface area (Å²) in [5.74, 6) is 0.646. The van der Waals surface area contributed by atoms with Crippen LogP contribution in [0, 0.1) is 11.8 Å². The predicted molar refractivity (Wildman–Crippen MR) is 98.0 cm³/mol. The van der Waals surface area contributed by atoms with Crippen molar-refractivity contribution in [1.29, 1.82) is 0 Å². The van der Waals surface area contributed by atoms with Gasteiger partial charge in [0.2, 0.25) is 5.91 Å². The highest BCUT2D eigenvalue weighted by molar-refractivity contribution is 5.80. The van der Waals surface area contributed by atoms with Gasteiger partial charge in [0, 0.05) is 25.0 Å². The second-order valence-electron chi connectivity index (χ2n) is 8.28. The summed E-state index contributed by atoms with van der Waals surface area (Å²) in [6, 6.07) is 10.3. The number of carbonyl (C=O) groups excluding carboxylic acids is 1. The van der Waals surface area contributed by atoms with Crippen molar-refractivity contribution in [3.63, 3.8) is 0 Å². The van der Waals surface area contributed by atoms with E-state index in [0.717, 1.165) is 44.3 Å². The van der Waals surface area contributed by atoms with Gasteiger partial charge in [0.25, 0.3) is 0 Å². The van der Waals surface area contributed by atoms with Crippen molar-refractivity contribution in [2.24, 2.45) is 11.8 Å². The standard InChI is InChI=1S/C21H30N2O2/c1-22-13-11-16(15-22)20(24)23-14-12-21(25,17-7-3-2-4-8-17)18-9-5-6-10-19(18)23/h2-4,7-8,16,18-19,25H,5-6,9-15H2,1H3/t16?,18-,19-,21?/m0/s1. The van der Waals surface area contributed by atoms with E-state index in [1.54, 1.807) is 0 Å². The Kier molecular flexibility index (Phi) is 4.59. The van der Waals surface area contributed by atoms with Crippen LogP contribution in [0.4, 0.5) is 0 Å². The van der Waals surface area contributed by atoms with Gasteiger partial charge in [-0.3, -0.25) is 4.79 Å². The van der Waals surface area contributed by atoms with Crippen LogP contribution in [0.3, 0.4) is 0 Å². The first-order valence-electron chi connectivity index (χ1n) is 9.86. The Hall–Kier alpha value is -1.39. The van der Waals surface area contributed by atoms with E-state index in [1.165, 1.54) is 6.42 Å². The SMILES string of the molecule is CN1CCC(C(=O)N2CCC(O)(c3ccccc3)[C@H]3CCCC[C@@H]32)C1. The van der Waals surface area contributed by atoms with E-state index in [0.29, 0.717) is 18.9 Å². The summed E-state index contributed by atoms with van der Waals surface area (Å²) in [6.45, 7) is 2.59. The molecule has 0 aromatic heterocycles. The number of likely N-dealkylation sites (tertiary alicyclic amines) is 2. The lowest BCUT2D eigenvalue weighted by Gasteiger charge is -2.53. The Bertz CT molecular complexity index is 620. The van der Waals surface area contributed by atoms with Crippen molar-refractivity contribution in [2.45, 2.75) is 50.2 Å². The fourth-order valence-corrected chi connectivity index (χ4v) is 5.41. The van der Waals surface area contributed by atoms with Crippen LogP contribution < -0.4 is 0 Å². The third kappa shape index (κ3) is 3.00. The summed E-state index contributed by atoms with van der Waals surface area (Å²) in [7, 11) is 2.10. The van der Waals surface area contributed by atoms with Gasteiger partial charge in [-0.2, -0.15) is 0 Å². The number of fused-ring (bicyclic) bond motifs is 1. The third-order valence-corrected chi connectivity index (χ3v) is 6.77. The van der Waals surface area contributed by atoms with E-state index in [4.69, 9.17) is 0 Å². The molecule has 0 radical (unpaired) electrons. The molecular formula is C21H30N2O2. The van der Waals surface area contributed by atoms with Gasteiger partial charge in [-0.25, -0.2) is 0 Å². The number of hydrogen-bond acceptors (Lipinski definition) is 3. The third-order valence-electron chi connectivity index (χ3n) is 6.77. The molecule has 0 spiro atoms. The molecule has 1 aliphatic carbocycles. The maximum Gasteiger partial charge on any atom is 0.227 e. The Morgan fingerprint density at radius 1 is 1.12 bits per heavy atom. The lowest BCUT2D eigenvalue weighted by molar-refractivity contribution is -0.158. The zero-order valence-electron chi connectivity index (χ0n) is 15.2. The van der Waals surface area contributed by atoms with Crippen LogP contribution in [0.2, 0.25) is 0 Å². The highest BCUT2D eigenvalue weighted by atomic mass is 16.3. The van der Waals surface area contributed by atoms with Gasteiger partial charge in [0.05, 0.1) is 11.5 Å². The van der Waals surface area contributed by atoms with E-state index in [-0.39, 0.29) is 17.9 Å². The Balaban J connectivity index is 1.59. The molecule has 1 aromatic carbocycles. The fourth-order valence-electron chi connectivity index (χ4n) is 5.41. The van der Waals surface area contributed by atoms with Crippen LogP contribution in [0.25, 0.3) is 0 Å². The van der Waals surface area contributed by atoms with Crippen molar-refractivity contribution < 1.29 is 9.90 Å². The van der Waals surface area contributed by atoms with Crippen molar-refractivity contribution in [2.75, 3.05) is 26.7 Å². The quantitative estimate of drug-likeness (QED) is 0.898. The second-order valence-corrected chi connectivity index (χ2v) is 8.28. The van der Waals surface area contributed by atoms with Crippen molar-refractivity contribution >= 4 is 5.91 Å². The summed E-state index contributed by atoms with van der Waals surface area (Å²) in [5.41, 5.74) is 0.245. The molecule has 1 N–H and O–H groups in total. The number of benzene rings is 1. The van der Waals surface area contributed by atoms with E-state index in [9.17, 15) is 9.90 Å². The Morgan fingerprint density at radius 2 is 1.88 bits per heavy atom. The molecule has 25 heavy (non-hydrogen) atoms. The minimum atomic E-state index is -0.782. The first-order chi connectivity index (χ1) is 12.1. The molecule has 4 nitrogen and oxygen atoms in total. The molecule has 3 aliphatic rings. The lowest BCUT2D eigenvalue weighted by atomic mass is 9.66. The zero-order chi connectivity index (χ0) is 17.4. The highest BCUT2D eigenvalue weighted by Gasteiger charge is 2.51. The summed E-state index contributed by atoms with van der Waals surface area (Å²) >= 11 is 0. The van der Waals surface area contributed by atoms with Gasteiger partial charge < -0.3 is 14.9 Å². The smallest absolute Gasteiger partial charge is 0.227 e. The van der Waals surface area contributed by atoms with Gasteiger partial charge in [-0.15, -0.1) is 0 Å². The molecule has 2 heterocycles. The summed E-state index contributed by atoms with van der Waals surface area (Å²) in [5, 5.41) is 11.6. The molecule has 4 heteroatoms. The summed E-state index contributed by atoms with van der Waals surface area (Å²) < 4.78 is 0. The van der Waals surface area contributed by atoms with Gasteiger partial charge >= 0.3 is 0 Å². The summed E-state index contributed by atoms with van der Waals surface area (Å²) in [4.78, 5) is 17.6. The topological polar surface area (TPSA) is 43.8 Å². The molecule has 2 aliphatic heterocycles. The number of carbonyl (C=O) groups is 1. The Morgan fingerprint density at radius 3 is 2.60 bits per heavy atom. The van der Waals surface area contributed by atoms with Crippen LogP contribution in [0.5, 0.6) is 0 Å². The van der Waals surface area contributed by atoms with Crippen LogP contribution in [0.1, 0.15) is 44.1 Å². The average molecular weight is 342 g/mol. The minimum Gasteiger partial charge on any atom is -0.385 e. The van der Waals surface area contributed by atoms with E-state index in [1.807, 2.05) is 18.2 Å². The van der Waals surface area contributed by atoms with Crippen LogP contribution in [-0.4, -0.2) is 53.5 Å². The monoisotopic (exact) mass is 342 g/mol. The van der Waals surface area contributed by atoms with Crippen LogP contribution in [0.15, 0.2) is 30.3 Å². The molecule has 1 amide bonds. The van der Waals surface area contributed by atoms with Gasteiger partial charge in [0.1, 0.15) is 0 Å². The maximum atomic E-state index is 13.2. The molecule has 2 unspecified atom stereocenters. The molecule has 1 saturated carbocycles. The van der Waals surface area contributed by atoms with Gasteiger partial charge in [-0.05, 0) is 44.8 Å². The van der Waals surface area contributed by atoms with E-state index in [2.05, 4.69) is 29.0 Å². The fraction of sp³-hybridized carbons (Fsp3) is 0.667. The lowest BCUT2D eigenvalue weighted by Crippen LogP contribution is -2.60. The minimum absolute atomic E-state index is 0.149. The summed E-state index contributed by atoms with van der Waals surface area (Å²) in [6.07, 6.45) is 6.02. The first-order valence-corrected chi connectivity index (χ1v) is 9.86. The number of nitrogens with zero attached hydrogens (tertiary/aromatic N) is 2. The van der Waals surface area contributed by atoms with Gasteiger partial charge in [0.15, 0.2) is 0 Å². The maximum absolute atomic E-state index is 13.2. The van der Waals surface area contributed by atoms with Crippen molar-refractivity contribution in [3.8, 4) is 0 Å². The van der Waals surface area contributed by atoms with Crippen molar-refractivity contribution in [3.05, 3.63) is 35.9 Å². The van der Waals surface area contributed by atoms with Crippen molar-refractivity contribution in [1.82, 2.24) is 9.80 Å². The molecule has 136 valence electrons. The zero-order valence-corrected chi connectivity index (χ0v) is 15.2. The molecule has 3 fully saturated rings. The number of amides is 1. The molecule has 1 aromatic rings. The number of hydrogen-bond donors (Lipinski definition) is 1. The van der Waals surface area contributed by atoms with Crippen LogP contribution in [-0.2, 0) is 10.4 Å². The molecule has 0 bridgehead atoms. The number of piperidine rings is 1. The molecule has 2 saturated heterocycles. The normalized spacial score (nSPS) is 36.2. The molecule has 4 atom stereocenters.